The zero-order valence-corrected chi connectivity index (χ0v) is 12.8. The topological polar surface area (TPSA) is 37.4 Å². The summed E-state index contributed by atoms with van der Waals surface area (Å²) in [7, 11) is -2.78. The molecule has 3 nitrogen and oxygen atoms in total. The highest BCUT2D eigenvalue weighted by Gasteiger charge is 2.33. The predicted molar refractivity (Wildman–Crippen MR) is 79.1 cm³/mol. The Morgan fingerprint density at radius 2 is 1.72 bits per heavy atom. The summed E-state index contributed by atoms with van der Waals surface area (Å²) in [4.78, 5) is 2.37. The molecule has 0 bridgehead atoms. The molecule has 0 spiro atoms. The molecular weight excluding hydrogens is 266 g/mol. The van der Waals surface area contributed by atoms with E-state index in [2.05, 4.69) is 17.5 Å². The van der Waals surface area contributed by atoms with Gasteiger partial charge in [0.05, 0.1) is 11.5 Å². The van der Waals surface area contributed by atoms with Gasteiger partial charge in [0.25, 0.3) is 0 Å². The second-order valence-corrected chi connectivity index (χ2v) is 8.62. The van der Waals surface area contributed by atoms with Crippen LogP contribution in [0.5, 0.6) is 0 Å². The predicted octanol–water partition coefficient (Wildman–Crippen LogP) is 1.99. The lowest BCUT2D eigenvalue weighted by Crippen LogP contribution is -2.41. The fourth-order valence-electron chi connectivity index (χ4n) is 3.29. The maximum atomic E-state index is 11.6. The highest BCUT2D eigenvalue weighted by molar-refractivity contribution is 7.91. The van der Waals surface area contributed by atoms with E-state index in [4.69, 9.17) is 0 Å². The summed E-state index contributed by atoms with van der Waals surface area (Å²) in [6.45, 7) is 2.71. The van der Waals surface area contributed by atoms with E-state index < -0.39 is 9.84 Å². The zero-order chi connectivity index (χ0) is 13.1. The summed E-state index contributed by atoms with van der Waals surface area (Å²) in [5, 5.41) is 0. The molecule has 0 unspecified atom stereocenters. The number of nitrogens with zero attached hydrogens (tertiary/aromatic N) is 1. The van der Waals surface area contributed by atoms with Crippen LogP contribution in [0.2, 0.25) is 0 Å². The van der Waals surface area contributed by atoms with Crippen LogP contribution in [0.25, 0.3) is 0 Å². The van der Waals surface area contributed by atoms with E-state index in [1.54, 1.807) is 0 Å². The van der Waals surface area contributed by atoms with Crippen molar-refractivity contribution in [2.24, 2.45) is 5.41 Å². The SMILES string of the molecule is O=S1(=O)CCCN(CC2(CS)CCCCC2)CC1. The smallest absolute Gasteiger partial charge is 0.151 e. The average Bonchev–Trinajstić information content (AvgIpc) is 2.52. The van der Waals surface area contributed by atoms with Crippen LogP contribution in [-0.2, 0) is 9.84 Å². The van der Waals surface area contributed by atoms with E-state index in [1.807, 2.05) is 0 Å². The number of thiol groups is 1. The average molecular weight is 291 g/mol. The third-order valence-electron chi connectivity index (χ3n) is 4.46. The van der Waals surface area contributed by atoms with Crippen LogP contribution < -0.4 is 0 Å². The van der Waals surface area contributed by atoms with Gasteiger partial charge in [0.2, 0.25) is 0 Å². The van der Waals surface area contributed by atoms with Crippen LogP contribution in [0.4, 0.5) is 0 Å². The van der Waals surface area contributed by atoms with Gasteiger partial charge in [0.1, 0.15) is 0 Å². The van der Waals surface area contributed by atoms with E-state index in [9.17, 15) is 8.42 Å². The normalized spacial score (nSPS) is 28.7. The second-order valence-electron chi connectivity index (χ2n) is 6.00. The van der Waals surface area contributed by atoms with Crippen molar-refractivity contribution in [1.29, 1.82) is 0 Å². The molecule has 0 aromatic carbocycles. The molecule has 2 fully saturated rings. The van der Waals surface area contributed by atoms with Crippen LogP contribution >= 0.6 is 12.6 Å². The standard InChI is InChI=1S/C13H25NO2S2/c15-18(16)9-4-7-14(8-10-18)11-13(12-17)5-2-1-3-6-13/h17H,1-12H2. The molecule has 0 aromatic heterocycles. The highest BCUT2D eigenvalue weighted by Crippen LogP contribution is 2.38. The second kappa shape index (κ2) is 6.14. The van der Waals surface area contributed by atoms with Gasteiger partial charge in [-0.3, -0.25) is 0 Å². The van der Waals surface area contributed by atoms with Crippen molar-refractivity contribution >= 4 is 22.5 Å². The summed E-state index contributed by atoms with van der Waals surface area (Å²) >= 11 is 4.56. The first kappa shape index (κ1) is 14.7. The van der Waals surface area contributed by atoms with Crippen molar-refractivity contribution < 1.29 is 8.42 Å². The van der Waals surface area contributed by atoms with Gasteiger partial charge in [-0.05, 0) is 37.0 Å². The lowest BCUT2D eigenvalue weighted by molar-refractivity contribution is 0.132. The monoisotopic (exact) mass is 291 g/mol. The Kier molecular flexibility index (Phi) is 5.00. The quantitative estimate of drug-likeness (QED) is 0.808. The van der Waals surface area contributed by atoms with Crippen LogP contribution in [0.3, 0.4) is 0 Å². The molecule has 2 aliphatic rings. The van der Waals surface area contributed by atoms with Crippen molar-refractivity contribution in [3.63, 3.8) is 0 Å². The van der Waals surface area contributed by atoms with Crippen molar-refractivity contribution in [3.05, 3.63) is 0 Å². The summed E-state index contributed by atoms with van der Waals surface area (Å²) in [5.74, 6) is 1.66. The largest absolute Gasteiger partial charge is 0.302 e. The molecule has 0 radical (unpaired) electrons. The van der Waals surface area contributed by atoms with Gasteiger partial charge >= 0.3 is 0 Å². The van der Waals surface area contributed by atoms with Crippen LogP contribution in [0.15, 0.2) is 0 Å². The third-order valence-corrected chi connectivity index (χ3v) is 6.84. The molecule has 1 aliphatic carbocycles. The summed E-state index contributed by atoms with van der Waals surface area (Å²) in [5.41, 5.74) is 0.343. The lowest BCUT2D eigenvalue weighted by atomic mass is 9.75. The van der Waals surface area contributed by atoms with Gasteiger partial charge < -0.3 is 4.90 Å². The van der Waals surface area contributed by atoms with Gasteiger partial charge in [0.15, 0.2) is 9.84 Å². The number of hydrogen-bond donors (Lipinski definition) is 1. The molecule has 1 saturated carbocycles. The Morgan fingerprint density at radius 3 is 2.39 bits per heavy atom. The van der Waals surface area contributed by atoms with Gasteiger partial charge in [-0.2, -0.15) is 12.6 Å². The Morgan fingerprint density at radius 1 is 1.00 bits per heavy atom. The van der Waals surface area contributed by atoms with E-state index >= 15 is 0 Å². The van der Waals surface area contributed by atoms with Gasteiger partial charge in [-0.1, -0.05) is 19.3 Å². The first-order valence-corrected chi connectivity index (χ1v) is 9.54. The maximum absolute atomic E-state index is 11.6. The first-order chi connectivity index (χ1) is 8.55. The van der Waals surface area contributed by atoms with E-state index in [-0.39, 0.29) is 0 Å². The van der Waals surface area contributed by atoms with E-state index in [1.165, 1.54) is 32.1 Å². The molecular formula is C13H25NO2S2. The van der Waals surface area contributed by atoms with Crippen LogP contribution in [0.1, 0.15) is 38.5 Å². The van der Waals surface area contributed by atoms with Crippen LogP contribution in [0, 0.1) is 5.41 Å². The molecule has 2 rings (SSSR count). The van der Waals surface area contributed by atoms with E-state index in [0.29, 0.717) is 16.9 Å². The molecule has 5 heteroatoms. The fraction of sp³-hybridized carbons (Fsp3) is 1.00. The number of sulfone groups is 1. The van der Waals surface area contributed by atoms with Gasteiger partial charge in [-0.25, -0.2) is 8.42 Å². The maximum Gasteiger partial charge on any atom is 0.151 e. The molecule has 1 heterocycles. The van der Waals surface area contributed by atoms with Gasteiger partial charge in [-0.15, -0.1) is 0 Å². The number of hydrogen-bond acceptors (Lipinski definition) is 4. The lowest BCUT2D eigenvalue weighted by Gasteiger charge is -2.40. The Bertz CT molecular complexity index is 361. The molecule has 0 N–H and O–H groups in total. The highest BCUT2D eigenvalue weighted by atomic mass is 32.2. The minimum atomic E-state index is -2.78. The van der Waals surface area contributed by atoms with Crippen molar-refractivity contribution in [2.45, 2.75) is 38.5 Å². The summed E-state index contributed by atoms with van der Waals surface area (Å²) in [6.07, 6.45) is 7.30. The number of rotatable bonds is 3. The minimum absolute atomic E-state index is 0.343. The molecule has 1 aliphatic heterocycles. The first-order valence-electron chi connectivity index (χ1n) is 7.09. The fourth-order valence-corrected chi connectivity index (χ4v) is 5.02. The van der Waals surface area contributed by atoms with Crippen molar-refractivity contribution in [3.8, 4) is 0 Å². The van der Waals surface area contributed by atoms with Crippen molar-refractivity contribution in [1.82, 2.24) is 4.90 Å². The molecule has 106 valence electrons. The Labute approximate surface area is 117 Å². The molecule has 0 amide bonds. The molecule has 18 heavy (non-hydrogen) atoms. The van der Waals surface area contributed by atoms with Crippen molar-refractivity contribution in [2.75, 3.05) is 36.9 Å². The Hall–Kier alpha value is 0.260. The molecule has 0 aromatic rings. The minimum Gasteiger partial charge on any atom is -0.302 e. The summed E-state index contributed by atoms with van der Waals surface area (Å²) < 4.78 is 23.2. The Balaban J connectivity index is 1.95. The molecule has 1 saturated heterocycles. The molecule has 0 atom stereocenters. The summed E-state index contributed by atoms with van der Waals surface area (Å²) in [6, 6.07) is 0. The zero-order valence-electron chi connectivity index (χ0n) is 11.1. The third kappa shape index (κ3) is 3.87. The van der Waals surface area contributed by atoms with E-state index in [0.717, 1.165) is 31.8 Å². The van der Waals surface area contributed by atoms with Crippen LogP contribution in [-0.4, -0.2) is 50.2 Å². The van der Waals surface area contributed by atoms with Gasteiger partial charge in [0, 0.05) is 13.1 Å².